The van der Waals surface area contributed by atoms with Crippen molar-refractivity contribution in [2.24, 2.45) is 0 Å². The highest BCUT2D eigenvalue weighted by atomic mass is 19.1. The Balaban J connectivity index is 1.43. The van der Waals surface area contributed by atoms with Crippen molar-refractivity contribution >= 4 is 27.9 Å². The summed E-state index contributed by atoms with van der Waals surface area (Å²) in [6.07, 6.45) is 6.24. The van der Waals surface area contributed by atoms with E-state index in [2.05, 4.69) is 40.4 Å². The Morgan fingerprint density at radius 3 is 2.66 bits per heavy atom. The molecule has 190 valence electrons. The molecule has 11 heteroatoms. The van der Waals surface area contributed by atoms with Crippen molar-refractivity contribution in [3.8, 4) is 33.8 Å². The van der Waals surface area contributed by atoms with Gasteiger partial charge in [0.2, 0.25) is 0 Å². The van der Waals surface area contributed by atoms with Gasteiger partial charge >= 0.3 is 0 Å². The zero-order valence-corrected chi connectivity index (χ0v) is 20.6. The Bertz CT molecular complexity index is 1760. The average molecular weight is 512 g/mol. The molecular weight excluding hydrogens is 488 g/mol. The summed E-state index contributed by atoms with van der Waals surface area (Å²) in [5.74, 6) is -0.513. The van der Waals surface area contributed by atoms with Crippen LogP contribution in [0.1, 0.15) is 0 Å². The number of nitrogens with one attached hydrogen (secondary N) is 3. The van der Waals surface area contributed by atoms with E-state index in [1.165, 1.54) is 18.3 Å². The van der Waals surface area contributed by atoms with Crippen LogP contribution >= 0.6 is 0 Å². The maximum atomic E-state index is 15.7. The summed E-state index contributed by atoms with van der Waals surface area (Å²) >= 11 is 0. The lowest BCUT2D eigenvalue weighted by Crippen LogP contribution is -2.20. The third-order valence-corrected chi connectivity index (χ3v) is 6.22. The standard InChI is InChI=1S/C27H23F2N9/c1-38(2)9-8-31-18-11-16(10-17(28)12-18)19-5-7-32-26-23(19)34-27(35-26)24-21-22(29)20(14-33-25(21)37-36-24)15-4-3-6-30-13-15/h3-7,10-14,31H,8-9H2,1-2H3,(H,32,34,35)(H,33,36,37). The van der Waals surface area contributed by atoms with E-state index in [1.807, 2.05) is 25.1 Å². The molecule has 0 atom stereocenters. The number of aromatic nitrogens is 7. The first-order valence-corrected chi connectivity index (χ1v) is 12.0. The molecule has 0 fully saturated rings. The summed E-state index contributed by atoms with van der Waals surface area (Å²) in [5, 5.41) is 10.5. The zero-order chi connectivity index (χ0) is 26.2. The fourth-order valence-corrected chi connectivity index (χ4v) is 4.39. The number of hydrogen-bond acceptors (Lipinski definition) is 7. The molecule has 0 aliphatic carbocycles. The molecule has 0 amide bonds. The van der Waals surface area contributed by atoms with E-state index in [9.17, 15) is 4.39 Å². The Morgan fingerprint density at radius 1 is 0.947 bits per heavy atom. The number of fused-ring (bicyclic) bond motifs is 2. The maximum Gasteiger partial charge on any atom is 0.184 e. The van der Waals surface area contributed by atoms with Crippen molar-refractivity contribution in [3.63, 3.8) is 0 Å². The molecule has 9 nitrogen and oxygen atoms in total. The van der Waals surface area contributed by atoms with Crippen LogP contribution in [0.5, 0.6) is 0 Å². The highest BCUT2D eigenvalue weighted by Gasteiger charge is 2.21. The predicted octanol–water partition coefficient (Wildman–Crippen LogP) is 4.88. The van der Waals surface area contributed by atoms with Gasteiger partial charge in [-0.2, -0.15) is 5.10 Å². The van der Waals surface area contributed by atoms with Crippen LogP contribution in [0.3, 0.4) is 0 Å². The van der Waals surface area contributed by atoms with E-state index in [0.29, 0.717) is 57.2 Å². The van der Waals surface area contributed by atoms with E-state index in [-0.39, 0.29) is 16.9 Å². The fourth-order valence-electron chi connectivity index (χ4n) is 4.39. The van der Waals surface area contributed by atoms with E-state index in [0.717, 1.165) is 6.54 Å². The van der Waals surface area contributed by atoms with Gasteiger partial charge < -0.3 is 15.2 Å². The van der Waals surface area contributed by atoms with Crippen molar-refractivity contribution in [3.05, 3.63) is 72.8 Å². The van der Waals surface area contributed by atoms with Crippen molar-refractivity contribution < 1.29 is 8.78 Å². The lowest BCUT2D eigenvalue weighted by atomic mass is 10.0. The highest BCUT2D eigenvalue weighted by molar-refractivity contribution is 5.96. The number of anilines is 1. The van der Waals surface area contributed by atoms with E-state index in [4.69, 9.17) is 0 Å². The molecule has 0 bridgehead atoms. The van der Waals surface area contributed by atoms with Crippen LogP contribution in [0, 0.1) is 11.6 Å². The second kappa shape index (κ2) is 9.60. The van der Waals surface area contributed by atoms with Crippen LogP contribution in [0.15, 0.2) is 61.2 Å². The van der Waals surface area contributed by atoms with Gasteiger partial charge in [0.25, 0.3) is 0 Å². The predicted molar refractivity (Wildman–Crippen MR) is 142 cm³/mol. The number of imidazole rings is 1. The van der Waals surface area contributed by atoms with Gasteiger partial charge in [0.1, 0.15) is 17.3 Å². The number of likely N-dealkylation sites (N-methyl/N-ethyl adjacent to an activating group) is 1. The summed E-state index contributed by atoms with van der Waals surface area (Å²) in [4.78, 5) is 22.6. The Hall–Kier alpha value is -4.77. The number of nitrogens with zero attached hydrogens (tertiary/aromatic N) is 6. The molecule has 5 heterocycles. The average Bonchev–Trinajstić information content (AvgIpc) is 3.53. The first kappa shape index (κ1) is 23.6. The minimum absolute atomic E-state index is 0.199. The summed E-state index contributed by atoms with van der Waals surface area (Å²) in [5.41, 5.74) is 4.49. The van der Waals surface area contributed by atoms with Crippen molar-refractivity contribution in [1.29, 1.82) is 0 Å². The molecule has 0 saturated carbocycles. The minimum atomic E-state index is -0.487. The molecule has 3 N–H and O–H groups in total. The van der Waals surface area contributed by atoms with Crippen LogP contribution < -0.4 is 5.32 Å². The number of H-pyrrole nitrogens is 2. The number of aromatic amines is 2. The lowest BCUT2D eigenvalue weighted by Gasteiger charge is -2.13. The van der Waals surface area contributed by atoms with Gasteiger partial charge in [-0.3, -0.25) is 10.1 Å². The third-order valence-electron chi connectivity index (χ3n) is 6.22. The highest BCUT2D eigenvalue weighted by Crippen LogP contribution is 2.34. The van der Waals surface area contributed by atoms with E-state index < -0.39 is 5.82 Å². The maximum absolute atomic E-state index is 15.7. The van der Waals surface area contributed by atoms with Crippen LogP contribution in [-0.2, 0) is 0 Å². The smallest absolute Gasteiger partial charge is 0.184 e. The summed E-state index contributed by atoms with van der Waals surface area (Å²) in [6.45, 7) is 1.48. The van der Waals surface area contributed by atoms with Gasteiger partial charge in [-0.05, 0) is 50.0 Å². The number of hydrogen-bond donors (Lipinski definition) is 3. The van der Waals surface area contributed by atoms with Crippen molar-refractivity contribution in [2.75, 3.05) is 32.5 Å². The van der Waals surface area contributed by atoms with Crippen LogP contribution in [0.25, 0.3) is 56.0 Å². The van der Waals surface area contributed by atoms with Gasteiger partial charge in [-0.15, -0.1) is 0 Å². The lowest BCUT2D eigenvalue weighted by molar-refractivity contribution is 0.425. The van der Waals surface area contributed by atoms with Crippen molar-refractivity contribution in [1.82, 2.24) is 40.0 Å². The van der Waals surface area contributed by atoms with Crippen molar-refractivity contribution in [2.45, 2.75) is 0 Å². The van der Waals surface area contributed by atoms with Gasteiger partial charge in [0.05, 0.1) is 10.9 Å². The van der Waals surface area contributed by atoms with E-state index >= 15 is 4.39 Å². The van der Waals surface area contributed by atoms with Crippen LogP contribution in [0.4, 0.5) is 14.5 Å². The topological polar surface area (TPSA) is 111 Å². The first-order valence-electron chi connectivity index (χ1n) is 12.0. The van der Waals surface area contributed by atoms with Gasteiger partial charge in [-0.25, -0.2) is 23.7 Å². The molecular formula is C27H23F2N9. The molecule has 0 aliphatic heterocycles. The number of benzene rings is 1. The van der Waals surface area contributed by atoms with Gasteiger partial charge in [-0.1, -0.05) is 6.07 Å². The molecule has 0 aliphatic rings. The monoisotopic (exact) mass is 511 g/mol. The van der Waals surface area contributed by atoms with Crippen LogP contribution in [0.2, 0.25) is 0 Å². The third kappa shape index (κ3) is 4.33. The van der Waals surface area contributed by atoms with Crippen LogP contribution in [-0.4, -0.2) is 67.2 Å². The molecule has 6 rings (SSSR count). The molecule has 0 radical (unpaired) electrons. The molecule has 6 aromatic rings. The molecule has 0 spiro atoms. The summed E-state index contributed by atoms with van der Waals surface area (Å²) in [6, 6.07) is 10.1. The van der Waals surface area contributed by atoms with Gasteiger partial charge in [0, 0.05) is 60.3 Å². The molecule has 0 saturated heterocycles. The number of pyridine rings is 3. The Labute approximate surface area is 216 Å². The van der Waals surface area contributed by atoms with Gasteiger partial charge in [0.15, 0.2) is 17.1 Å². The fraction of sp³-hybridized carbons (Fsp3) is 0.148. The molecule has 38 heavy (non-hydrogen) atoms. The quantitative estimate of drug-likeness (QED) is 0.280. The number of rotatable bonds is 7. The molecule has 1 aromatic carbocycles. The normalized spacial score (nSPS) is 11.6. The largest absolute Gasteiger partial charge is 0.384 e. The Morgan fingerprint density at radius 2 is 1.84 bits per heavy atom. The zero-order valence-electron chi connectivity index (χ0n) is 20.6. The summed E-state index contributed by atoms with van der Waals surface area (Å²) in [7, 11) is 3.96. The second-order valence-corrected chi connectivity index (χ2v) is 9.13. The second-order valence-electron chi connectivity index (χ2n) is 9.13. The molecule has 0 unspecified atom stereocenters. The number of halogens is 2. The van der Waals surface area contributed by atoms with E-state index in [1.54, 1.807) is 36.8 Å². The Kier molecular flexibility index (Phi) is 5.97. The summed E-state index contributed by atoms with van der Waals surface area (Å²) < 4.78 is 30.3. The minimum Gasteiger partial charge on any atom is -0.384 e. The molecule has 5 aromatic heterocycles. The first-order chi connectivity index (χ1) is 18.5. The SMILES string of the molecule is CN(C)CCNc1cc(F)cc(-c2ccnc3nc(-c4[nH]nc5ncc(-c6cccnc6)c(F)c45)[nH]c23)c1.